The van der Waals surface area contributed by atoms with Gasteiger partial charge in [0.15, 0.2) is 0 Å². The van der Waals surface area contributed by atoms with E-state index in [0.29, 0.717) is 70.8 Å². The third-order valence-electron chi connectivity index (χ3n) is 6.69. The van der Waals surface area contributed by atoms with Gasteiger partial charge in [0.1, 0.15) is 0 Å². The molecule has 1 atom stereocenters. The van der Waals surface area contributed by atoms with Crippen LogP contribution in [0.4, 0.5) is 5.69 Å². The summed E-state index contributed by atoms with van der Waals surface area (Å²) in [6.45, 7) is 1.70. The fraction of sp³-hybridized carbons (Fsp3) is 0.577. The minimum absolute atomic E-state index is 0.184. The molecule has 14 heteroatoms. The molecule has 220 valence electrons. The third kappa shape index (κ3) is 13.2. The van der Waals surface area contributed by atoms with Crippen LogP contribution in [0.1, 0.15) is 18.4 Å². The molecule has 1 aromatic carbocycles. The first-order chi connectivity index (χ1) is 19.0. The van der Waals surface area contributed by atoms with Gasteiger partial charge in [-0.25, -0.2) is 0 Å². The molecule has 0 aliphatic carbocycles. The first-order valence-electron chi connectivity index (χ1n) is 13.0. The summed E-state index contributed by atoms with van der Waals surface area (Å²) in [6, 6.07) is 7.07. The Balaban J connectivity index is 2.20. The Bertz CT molecular complexity index is 1010. The van der Waals surface area contributed by atoms with E-state index in [1.165, 1.54) is 4.90 Å². The molecule has 1 heterocycles. The summed E-state index contributed by atoms with van der Waals surface area (Å²) < 4.78 is 0. The number of rotatable bonds is 16. The Morgan fingerprint density at radius 1 is 0.800 bits per heavy atom. The van der Waals surface area contributed by atoms with Crippen molar-refractivity contribution in [2.24, 2.45) is 4.99 Å². The number of thiocarbonyl (C=S) groups is 1. The van der Waals surface area contributed by atoms with E-state index in [4.69, 9.17) is 0 Å². The maximum Gasteiger partial charge on any atom is 0.317 e. The second kappa shape index (κ2) is 17.4. The minimum Gasteiger partial charge on any atom is -0.480 e. The lowest BCUT2D eigenvalue weighted by Crippen LogP contribution is -2.50. The standard InChI is InChI=1S/C26H37N5O8S/c32-23(33)15-29-10-8-28(9-11-30(13-12-29)16-24(34)35)14-22(31(17-25(36)37)18-26(38)39)3-1-2-20-4-6-21(7-5-20)27-19-40/h4-7,22H,1-3,8-18H2,(H,32,33)(H,34,35)(H,36,37)(H,38,39). The van der Waals surface area contributed by atoms with Crippen LogP contribution in [0.25, 0.3) is 0 Å². The van der Waals surface area contributed by atoms with Crippen molar-refractivity contribution < 1.29 is 39.6 Å². The van der Waals surface area contributed by atoms with Gasteiger partial charge in [0.05, 0.1) is 37.0 Å². The van der Waals surface area contributed by atoms with Crippen LogP contribution >= 0.6 is 12.2 Å². The van der Waals surface area contributed by atoms with Crippen LogP contribution in [-0.2, 0) is 25.6 Å². The van der Waals surface area contributed by atoms with E-state index >= 15 is 0 Å². The number of carbonyl (C=O) groups is 4. The Labute approximate surface area is 238 Å². The van der Waals surface area contributed by atoms with Gasteiger partial charge in [0, 0.05) is 51.9 Å². The number of isothiocyanates is 1. The fourth-order valence-electron chi connectivity index (χ4n) is 4.75. The number of carboxylic acid groups (broad SMARTS) is 4. The van der Waals surface area contributed by atoms with Gasteiger partial charge in [-0.15, -0.1) is 0 Å². The van der Waals surface area contributed by atoms with E-state index in [1.54, 1.807) is 9.80 Å². The van der Waals surface area contributed by atoms with Crippen LogP contribution in [0.5, 0.6) is 0 Å². The highest BCUT2D eigenvalue weighted by Gasteiger charge is 2.27. The van der Waals surface area contributed by atoms with Crippen LogP contribution < -0.4 is 0 Å². The van der Waals surface area contributed by atoms with E-state index in [9.17, 15) is 39.6 Å². The van der Waals surface area contributed by atoms with Gasteiger partial charge in [-0.1, -0.05) is 12.1 Å². The molecule has 1 saturated heterocycles. The van der Waals surface area contributed by atoms with Gasteiger partial charge in [0.25, 0.3) is 0 Å². The van der Waals surface area contributed by atoms with E-state index in [2.05, 4.69) is 22.4 Å². The average molecular weight is 580 g/mol. The summed E-state index contributed by atoms with van der Waals surface area (Å²) in [5.74, 6) is -4.23. The van der Waals surface area contributed by atoms with Gasteiger partial charge in [-0.05, 0) is 49.2 Å². The largest absolute Gasteiger partial charge is 0.480 e. The number of aliphatic carboxylic acids is 4. The SMILES string of the molecule is O=C(O)CN1CCN(CC(=O)O)CCN(CC(CCCc2ccc(N=C=S)cc2)N(CC(=O)O)CC(=O)O)CC1. The molecule has 1 aliphatic heterocycles. The van der Waals surface area contributed by atoms with Gasteiger partial charge in [-0.2, -0.15) is 4.99 Å². The van der Waals surface area contributed by atoms with Gasteiger partial charge in [0.2, 0.25) is 0 Å². The van der Waals surface area contributed by atoms with E-state index in [1.807, 2.05) is 29.2 Å². The molecule has 0 radical (unpaired) electrons. The average Bonchev–Trinajstić information content (AvgIpc) is 2.95. The molecule has 13 nitrogen and oxygen atoms in total. The Hall–Kier alpha value is -3.26. The second-order valence-electron chi connectivity index (χ2n) is 9.75. The van der Waals surface area contributed by atoms with Crippen LogP contribution in [-0.4, -0.2) is 147 Å². The highest BCUT2D eigenvalue weighted by molar-refractivity contribution is 7.78. The quantitative estimate of drug-likeness (QED) is 0.159. The highest BCUT2D eigenvalue weighted by Crippen LogP contribution is 2.17. The van der Waals surface area contributed by atoms with E-state index < -0.39 is 43.0 Å². The van der Waals surface area contributed by atoms with Gasteiger partial charge in [-0.3, -0.25) is 38.8 Å². The number of hydrogen-bond acceptors (Lipinski definition) is 10. The monoisotopic (exact) mass is 579 g/mol. The van der Waals surface area contributed by atoms with Crippen LogP contribution in [0.3, 0.4) is 0 Å². The number of benzene rings is 1. The summed E-state index contributed by atoms with van der Waals surface area (Å²) in [5.41, 5.74) is 1.73. The Morgan fingerprint density at radius 2 is 1.27 bits per heavy atom. The number of aryl methyl sites for hydroxylation is 1. The Kier molecular flexibility index (Phi) is 14.4. The number of hydrogen-bond donors (Lipinski definition) is 4. The molecule has 0 aromatic heterocycles. The summed E-state index contributed by atoms with van der Waals surface area (Å²) in [4.78, 5) is 56.8. The maximum absolute atomic E-state index is 11.6. The topological polar surface area (TPSA) is 175 Å². The van der Waals surface area contributed by atoms with E-state index in [-0.39, 0.29) is 13.1 Å². The molecule has 40 heavy (non-hydrogen) atoms. The molecular weight excluding hydrogens is 542 g/mol. The zero-order valence-corrected chi connectivity index (χ0v) is 23.2. The van der Waals surface area contributed by atoms with Crippen LogP contribution in [0, 0.1) is 0 Å². The minimum atomic E-state index is -1.13. The number of aliphatic imine (C=N–C) groups is 1. The van der Waals surface area contributed by atoms with Gasteiger partial charge >= 0.3 is 23.9 Å². The van der Waals surface area contributed by atoms with Crippen LogP contribution in [0.2, 0.25) is 0 Å². The molecule has 1 aromatic rings. The van der Waals surface area contributed by atoms with Crippen molar-refractivity contribution in [3.8, 4) is 0 Å². The van der Waals surface area contributed by atoms with Crippen LogP contribution in [0.15, 0.2) is 29.3 Å². The fourth-order valence-corrected chi connectivity index (χ4v) is 4.85. The molecule has 1 unspecified atom stereocenters. The van der Waals surface area contributed by atoms with Crippen molar-refractivity contribution in [1.82, 2.24) is 19.6 Å². The summed E-state index contributed by atoms with van der Waals surface area (Å²) in [6.07, 6.45) is 1.87. The summed E-state index contributed by atoms with van der Waals surface area (Å²) in [5, 5.41) is 39.9. The lowest BCUT2D eigenvalue weighted by atomic mass is 10.0. The lowest BCUT2D eigenvalue weighted by molar-refractivity contribution is -0.143. The number of carboxylic acids is 4. The van der Waals surface area contributed by atoms with Crippen molar-refractivity contribution >= 4 is 46.9 Å². The Morgan fingerprint density at radius 3 is 1.70 bits per heavy atom. The predicted octanol–water partition coefficient (Wildman–Crippen LogP) is 0.672. The zero-order chi connectivity index (χ0) is 29.5. The van der Waals surface area contributed by atoms with Crippen molar-refractivity contribution in [3.63, 3.8) is 0 Å². The molecule has 2 rings (SSSR count). The predicted molar refractivity (Wildman–Crippen MR) is 149 cm³/mol. The second-order valence-corrected chi connectivity index (χ2v) is 9.93. The molecule has 1 aliphatic rings. The normalized spacial score (nSPS) is 16.3. The molecule has 4 N–H and O–H groups in total. The summed E-state index contributed by atoms with van der Waals surface area (Å²) in [7, 11) is 0. The third-order valence-corrected chi connectivity index (χ3v) is 6.78. The van der Waals surface area contributed by atoms with E-state index in [0.717, 1.165) is 5.56 Å². The first-order valence-corrected chi connectivity index (χ1v) is 13.4. The maximum atomic E-state index is 11.6. The molecular formula is C26H37N5O8S. The smallest absolute Gasteiger partial charge is 0.317 e. The summed E-state index contributed by atoms with van der Waals surface area (Å²) >= 11 is 4.62. The zero-order valence-electron chi connectivity index (χ0n) is 22.4. The molecule has 0 bridgehead atoms. The molecule has 0 amide bonds. The van der Waals surface area contributed by atoms with Crippen molar-refractivity contribution in [1.29, 1.82) is 0 Å². The molecule has 0 saturated carbocycles. The molecule has 0 spiro atoms. The lowest BCUT2D eigenvalue weighted by Gasteiger charge is -2.35. The highest BCUT2D eigenvalue weighted by atomic mass is 32.1. The first kappa shape index (κ1) is 32.9. The van der Waals surface area contributed by atoms with Crippen molar-refractivity contribution in [2.75, 3.05) is 72.0 Å². The van der Waals surface area contributed by atoms with Gasteiger partial charge < -0.3 is 20.4 Å². The van der Waals surface area contributed by atoms with Crippen molar-refractivity contribution in [3.05, 3.63) is 29.8 Å². The van der Waals surface area contributed by atoms with Crippen molar-refractivity contribution in [2.45, 2.75) is 25.3 Å². The number of nitrogens with zero attached hydrogens (tertiary/aromatic N) is 5. The molecule has 1 fully saturated rings.